The lowest BCUT2D eigenvalue weighted by Gasteiger charge is -2.38. The first-order valence-electron chi connectivity index (χ1n) is 9.73. The zero-order valence-electron chi connectivity index (χ0n) is 16.4. The largest absolute Gasteiger partial charge is 0.492 e. The van der Waals surface area contributed by atoms with Gasteiger partial charge in [0.2, 0.25) is 0 Å². The summed E-state index contributed by atoms with van der Waals surface area (Å²) in [5.74, 6) is 0.862. The molecular formula is C22H24Cl3NO4. The van der Waals surface area contributed by atoms with Crippen molar-refractivity contribution in [2.45, 2.75) is 31.3 Å². The maximum atomic E-state index is 10.8. The fourth-order valence-corrected chi connectivity index (χ4v) is 4.50. The molecule has 2 aromatic rings. The summed E-state index contributed by atoms with van der Waals surface area (Å²) in [5, 5.41) is 10.1. The molecule has 1 N–H and O–H groups in total. The molecule has 1 spiro atoms. The molecule has 0 radical (unpaired) electrons. The normalized spacial score (nSPS) is 17.1. The van der Waals surface area contributed by atoms with Gasteiger partial charge >= 0.3 is 5.97 Å². The molecule has 1 saturated heterocycles. The van der Waals surface area contributed by atoms with Gasteiger partial charge in [-0.1, -0.05) is 29.3 Å². The molecule has 2 aliphatic heterocycles. The first kappa shape index (κ1) is 23.0. The Labute approximate surface area is 192 Å². The Morgan fingerprint density at radius 1 is 1.17 bits per heavy atom. The van der Waals surface area contributed by atoms with E-state index in [2.05, 4.69) is 11.0 Å². The highest BCUT2D eigenvalue weighted by Crippen LogP contribution is 2.46. The molecule has 0 saturated carbocycles. The van der Waals surface area contributed by atoms with Crippen LogP contribution in [0.3, 0.4) is 0 Å². The van der Waals surface area contributed by atoms with Crippen molar-refractivity contribution >= 4 is 41.6 Å². The van der Waals surface area contributed by atoms with Crippen molar-refractivity contribution in [2.75, 3.05) is 26.2 Å². The summed E-state index contributed by atoms with van der Waals surface area (Å²) in [4.78, 5) is 13.0. The molecule has 30 heavy (non-hydrogen) atoms. The number of nitrogens with zero attached hydrogens (tertiary/aromatic N) is 1. The Balaban J connectivity index is 0.00000256. The van der Waals surface area contributed by atoms with Gasteiger partial charge in [-0.2, -0.15) is 0 Å². The van der Waals surface area contributed by atoms with Crippen molar-refractivity contribution in [3.63, 3.8) is 0 Å². The van der Waals surface area contributed by atoms with E-state index in [9.17, 15) is 4.79 Å². The van der Waals surface area contributed by atoms with E-state index in [-0.39, 0.29) is 24.2 Å². The lowest BCUT2D eigenvalue weighted by Crippen LogP contribution is -2.44. The van der Waals surface area contributed by atoms with Gasteiger partial charge in [0.1, 0.15) is 18.1 Å². The second-order valence-corrected chi connectivity index (χ2v) is 8.58. The molecule has 162 valence electrons. The lowest BCUT2D eigenvalue weighted by atomic mass is 9.74. The number of benzene rings is 2. The van der Waals surface area contributed by atoms with Gasteiger partial charge in [0.05, 0.1) is 13.0 Å². The third-order valence-electron chi connectivity index (χ3n) is 5.89. The molecule has 0 amide bonds. The second kappa shape index (κ2) is 9.65. The van der Waals surface area contributed by atoms with Gasteiger partial charge in [0, 0.05) is 39.2 Å². The third-order valence-corrected chi connectivity index (χ3v) is 6.49. The number of fused-ring (bicyclic) bond motifs is 2. The van der Waals surface area contributed by atoms with E-state index in [1.54, 1.807) is 18.2 Å². The van der Waals surface area contributed by atoms with Gasteiger partial charge in [-0.05, 0) is 50.2 Å². The van der Waals surface area contributed by atoms with Crippen LogP contribution in [0.5, 0.6) is 11.5 Å². The molecule has 4 rings (SSSR count). The molecule has 0 aromatic heterocycles. The summed E-state index contributed by atoms with van der Waals surface area (Å²) in [6.45, 7) is 3.39. The lowest BCUT2D eigenvalue weighted by molar-refractivity contribution is -0.137. The molecule has 5 nitrogen and oxygen atoms in total. The molecule has 2 aromatic carbocycles. The van der Waals surface area contributed by atoms with Crippen molar-refractivity contribution in [2.24, 2.45) is 0 Å². The fourth-order valence-electron chi connectivity index (χ4n) is 4.13. The van der Waals surface area contributed by atoms with Gasteiger partial charge in [-0.25, -0.2) is 0 Å². The van der Waals surface area contributed by atoms with Crippen molar-refractivity contribution in [3.05, 3.63) is 57.6 Å². The Morgan fingerprint density at radius 3 is 2.67 bits per heavy atom. The maximum absolute atomic E-state index is 10.8. The minimum absolute atomic E-state index is 0. The Kier molecular flexibility index (Phi) is 7.40. The first-order chi connectivity index (χ1) is 13.9. The van der Waals surface area contributed by atoms with Crippen LogP contribution < -0.4 is 9.47 Å². The van der Waals surface area contributed by atoms with Gasteiger partial charge in [-0.15, -0.1) is 12.4 Å². The first-order valence-corrected chi connectivity index (χ1v) is 10.5. The smallest absolute Gasteiger partial charge is 0.304 e. The van der Waals surface area contributed by atoms with Crippen LogP contribution in [0.25, 0.3) is 0 Å². The highest BCUT2D eigenvalue weighted by atomic mass is 35.5. The SMILES string of the molecule is Cl.O=C(O)CCN1CCC2(CC1)COc1cc(OCc3cc(Cl)ccc3Cl)ccc12. The minimum atomic E-state index is -0.744. The van der Waals surface area contributed by atoms with Gasteiger partial charge in [0.15, 0.2) is 0 Å². The predicted molar refractivity (Wildman–Crippen MR) is 120 cm³/mol. The monoisotopic (exact) mass is 471 g/mol. The fraction of sp³-hybridized carbons (Fsp3) is 0.409. The Morgan fingerprint density at radius 2 is 1.93 bits per heavy atom. The number of carbonyl (C=O) groups is 1. The standard InChI is InChI=1S/C22H23Cl2NO4.ClH/c23-16-1-4-19(24)15(11-16)13-28-17-2-3-18-20(12-17)29-14-22(18)6-9-25(10-7-22)8-5-21(26)27;/h1-4,11-12H,5-10,13-14H2,(H,26,27);1H. The molecule has 0 bridgehead atoms. The molecule has 2 heterocycles. The molecular weight excluding hydrogens is 449 g/mol. The summed E-state index contributed by atoms with van der Waals surface area (Å²) in [7, 11) is 0. The Bertz CT molecular complexity index is 913. The highest BCUT2D eigenvalue weighted by Gasteiger charge is 2.43. The molecule has 1 fully saturated rings. The number of hydrogen-bond donors (Lipinski definition) is 1. The number of aliphatic carboxylic acids is 1. The Hall–Kier alpha value is -1.66. The zero-order chi connectivity index (χ0) is 20.4. The average molecular weight is 473 g/mol. The van der Waals surface area contributed by atoms with E-state index in [1.165, 1.54) is 5.56 Å². The molecule has 2 aliphatic rings. The number of rotatable bonds is 6. The maximum Gasteiger partial charge on any atom is 0.304 e. The average Bonchev–Trinajstić information content (AvgIpc) is 3.06. The van der Waals surface area contributed by atoms with E-state index in [4.69, 9.17) is 37.8 Å². The van der Waals surface area contributed by atoms with Gasteiger partial charge in [-0.3, -0.25) is 4.79 Å². The summed E-state index contributed by atoms with van der Waals surface area (Å²) >= 11 is 12.2. The van der Waals surface area contributed by atoms with Crippen LogP contribution in [0.2, 0.25) is 10.0 Å². The molecule has 0 unspecified atom stereocenters. The van der Waals surface area contributed by atoms with E-state index < -0.39 is 5.97 Å². The van der Waals surface area contributed by atoms with Gasteiger partial charge in [0.25, 0.3) is 0 Å². The van der Waals surface area contributed by atoms with Crippen molar-refractivity contribution < 1.29 is 19.4 Å². The van der Waals surface area contributed by atoms with E-state index in [1.807, 2.05) is 12.1 Å². The van der Waals surface area contributed by atoms with Crippen LogP contribution in [0.4, 0.5) is 0 Å². The molecule has 8 heteroatoms. The number of carboxylic acid groups (broad SMARTS) is 1. The van der Waals surface area contributed by atoms with Crippen molar-refractivity contribution in [3.8, 4) is 11.5 Å². The van der Waals surface area contributed by atoms with Crippen LogP contribution in [0.1, 0.15) is 30.4 Å². The van der Waals surface area contributed by atoms with Crippen LogP contribution >= 0.6 is 35.6 Å². The van der Waals surface area contributed by atoms with Crippen molar-refractivity contribution in [1.29, 1.82) is 0 Å². The van der Waals surface area contributed by atoms with Crippen LogP contribution in [0.15, 0.2) is 36.4 Å². The summed E-state index contributed by atoms with van der Waals surface area (Å²) in [6.07, 6.45) is 2.13. The predicted octanol–water partition coefficient (Wildman–Crippen LogP) is 5.19. The van der Waals surface area contributed by atoms with E-state index >= 15 is 0 Å². The summed E-state index contributed by atoms with van der Waals surface area (Å²) in [5.41, 5.74) is 2.08. The molecule has 0 atom stereocenters. The van der Waals surface area contributed by atoms with Crippen LogP contribution in [-0.2, 0) is 16.8 Å². The summed E-state index contributed by atoms with van der Waals surface area (Å²) < 4.78 is 11.9. The minimum Gasteiger partial charge on any atom is -0.492 e. The van der Waals surface area contributed by atoms with Crippen LogP contribution in [-0.4, -0.2) is 42.2 Å². The number of likely N-dealkylation sites (tertiary alicyclic amines) is 1. The summed E-state index contributed by atoms with van der Waals surface area (Å²) in [6, 6.07) is 11.3. The molecule has 0 aliphatic carbocycles. The van der Waals surface area contributed by atoms with Crippen LogP contribution in [0, 0.1) is 0 Å². The second-order valence-electron chi connectivity index (χ2n) is 7.74. The van der Waals surface area contributed by atoms with E-state index in [0.29, 0.717) is 29.8 Å². The van der Waals surface area contributed by atoms with E-state index in [0.717, 1.165) is 43.0 Å². The number of piperidine rings is 1. The number of carboxylic acids is 1. The number of halogens is 3. The third kappa shape index (κ3) is 4.97. The highest BCUT2D eigenvalue weighted by molar-refractivity contribution is 6.33. The number of ether oxygens (including phenoxy) is 2. The topological polar surface area (TPSA) is 59.0 Å². The zero-order valence-corrected chi connectivity index (χ0v) is 18.7. The number of hydrogen-bond acceptors (Lipinski definition) is 4. The quantitative estimate of drug-likeness (QED) is 0.626. The van der Waals surface area contributed by atoms with Crippen molar-refractivity contribution in [1.82, 2.24) is 4.90 Å². The van der Waals surface area contributed by atoms with Gasteiger partial charge < -0.3 is 19.5 Å².